The first-order chi connectivity index (χ1) is 12.1. The van der Waals surface area contributed by atoms with Crippen LogP contribution in [0.4, 0.5) is 10.6 Å². The Balaban J connectivity index is 1.48. The van der Waals surface area contributed by atoms with Crippen molar-refractivity contribution in [1.82, 2.24) is 20.2 Å². The molecule has 9 nitrogen and oxygen atoms in total. The predicted octanol–water partition coefficient (Wildman–Crippen LogP) is 3.30. The van der Waals surface area contributed by atoms with Gasteiger partial charge >= 0.3 is 6.03 Å². The summed E-state index contributed by atoms with van der Waals surface area (Å²) in [6.45, 7) is 4.18. The molecule has 9 heteroatoms. The average molecular weight is 343 g/mol. The Morgan fingerprint density at radius 3 is 2.92 bits per heavy atom. The number of anilines is 1. The van der Waals surface area contributed by atoms with Crippen molar-refractivity contribution in [1.29, 1.82) is 0 Å². The zero-order valence-corrected chi connectivity index (χ0v) is 13.9. The third-order valence-corrected chi connectivity index (χ3v) is 4.22. The van der Waals surface area contributed by atoms with Crippen LogP contribution in [0.25, 0.3) is 11.3 Å². The van der Waals surface area contributed by atoms with Crippen molar-refractivity contribution in [2.45, 2.75) is 32.7 Å². The molecule has 1 aliphatic rings. The van der Waals surface area contributed by atoms with Crippen LogP contribution in [0.5, 0.6) is 0 Å². The number of nitrogens with zero attached hydrogens (tertiary/aromatic N) is 4. The first kappa shape index (κ1) is 15.4. The van der Waals surface area contributed by atoms with Gasteiger partial charge in [0.15, 0.2) is 17.4 Å². The molecule has 0 aliphatic carbocycles. The van der Waals surface area contributed by atoms with E-state index in [2.05, 4.69) is 20.6 Å². The lowest BCUT2D eigenvalue weighted by Gasteiger charge is -2.21. The highest BCUT2D eigenvalue weighted by molar-refractivity contribution is 5.89. The number of nitrogens with one attached hydrogen (secondary N) is 1. The highest BCUT2D eigenvalue weighted by Gasteiger charge is 2.33. The van der Waals surface area contributed by atoms with E-state index < -0.39 is 0 Å². The van der Waals surface area contributed by atoms with Crippen LogP contribution in [-0.2, 0) is 0 Å². The quantitative estimate of drug-likeness (QED) is 0.776. The molecule has 1 saturated heterocycles. The van der Waals surface area contributed by atoms with Crippen LogP contribution in [0.15, 0.2) is 31.9 Å². The Hall–Kier alpha value is -3.10. The minimum atomic E-state index is -0.270. The van der Waals surface area contributed by atoms with E-state index in [0.29, 0.717) is 29.8 Å². The molecular weight excluding hydrogens is 326 g/mol. The molecule has 1 aliphatic heterocycles. The maximum Gasteiger partial charge on any atom is 0.323 e. The smallest absolute Gasteiger partial charge is 0.323 e. The Morgan fingerprint density at radius 2 is 2.20 bits per heavy atom. The van der Waals surface area contributed by atoms with Gasteiger partial charge in [-0.1, -0.05) is 10.3 Å². The molecule has 4 rings (SSSR count). The summed E-state index contributed by atoms with van der Waals surface area (Å²) in [5, 5.41) is 10.6. The van der Waals surface area contributed by atoms with Crippen molar-refractivity contribution in [2.75, 3.05) is 11.9 Å². The predicted molar refractivity (Wildman–Crippen MR) is 85.7 cm³/mol. The molecule has 2 amide bonds. The maximum absolute atomic E-state index is 12.6. The second-order valence-corrected chi connectivity index (χ2v) is 5.92. The van der Waals surface area contributed by atoms with Gasteiger partial charge < -0.3 is 18.4 Å². The molecule has 0 bridgehead atoms. The Kier molecular flexibility index (Phi) is 3.75. The molecule has 25 heavy (non-hydrogen) atoms. The van der Waals surface area contributed by atoms with E-state index in [0.717, 1.165) is 24.2 Å². The van der Waals surface area contributed by atoms with E-state index in [1.54, 1.807) is 30.2 Å². The highest BCUT2D eigenvalue weighted by Crippen LogP contribution is 2.31. The van der Waals surface area contributed by atoms with E-state index in [1.165, 1.54) is 0 Å². The van der Waals surface area contributed by atoms with Gasteiger partial charge in [0.05, 0.1) is 17.9 Å². The van der Waals surface area contributed by atoms with Crippen molar-refractivity contribution in [2.24, 2.45) is 0 Å². The van der Waals surface area contributed by atoms with Gasteiger partial charge in [0, 0.05) is 19.5 Å². The highest BCUT2D eigenvalue weighted by atomic mass is 16.5. The van der Waals surface area contributed by atoms with E-state index in [9.17, 15) is 4.79 Å². The van der Waals surface area contributed by atoms with Crippen LogP contribution in [0.3, 0.4) is 0 Å². The fourth-order valence-electron chi connectivity index (χ4n) is 3.01. The Bertz CT molecular complexity index is 896. The van der Waals surface area contributed by atoms with Crippen molar-refractivity contribution in [3.05, 3.63) is 35.9 Å². The van der Waals surface area contributed by atoms with Crippen molar-refractivity contribution in [3.8, 4) is 11.3 Å². The van der Waals surface area contributed by atoms with E-state index >= 15 is 0 Å². The molecule has 3 aromatic heterocycles. The van der Waals surface area contributed by atoms with Crippen molar-refractivity contribution < 1.29 is 18.3 Å². The monoisotopic (exact) mass is 343 g/mol. The van der Waals surface area contributed by atoms with E-state index in [4.69, 9.17) is 13.5 Å². The van der Waals surface area contributed by atoms with Crippen molar-refractivity contribution >= 4 is 11.8 Å². The normalized spacial score (nSPS) is 17.2. The van der Waals surface area contributed by atoms with Gasteiger partial charge in [-0.3, -0.25) is 5.32 Å². The number of amides is 2. The molecule has 130 valence electrons. The van der Waals surface area contributed by atoms with Crippen LogP contribution in [0.2, 0.25) is 0 Å². The summed E-state index contributed by atoms with van der Waals surface area (Å²) in [5.74, 6) is 2.61. The second kappa shape index (κ2) is 6.08. The average Bonchev–Trinajstić information content (AvgIpc) is 3.33. The topological polar surface area (TPSA) is 110 Å². The number of hydrogen-bond donors (Lipinski definition) is 1. The lowest BCUT2D eigenvalue weighted by atomic mass is 10.2. The number of carbonyl (C=O) groups excluding carboxylic acids is 1. The van der Waals surface area contributed by atoms with E-state index in [1.807, 2.05) is 6.92 Å². The fraction of sp³-hybridized carbons (Fsp3) is 0.375. The molecule has 0 saturated carbocycles. The fourth-order valence-corrected chi connectivity index (χ4v) is 3.01. The number of rotatable bonds is 3. The minimum absolute atomic E-state index is 0.195. The Morgan fingerprint density at radius 1 is 1.32 bits per heavy atom. The summed E-state index contributed by atoms with van der Waals surface area (Å²) >= 11 is 0. The summed E-state index contributed by atoms with van der Waals surface area (Å²) in [7, 11) is 0. The number of hydrogen-bond acceptors (Lipinski definition) is 7. The number of furan rings is 1. The molecule has 0 spiro atoms. The molecule has 3 aromatic rings. The number of aromatic nitrogens is 3. The van der Waals surface area contributed by atoms with Gasteiger partial charge in [0.25, 0.3) is 0 Å². The number of urea groups is 1. The van der Waals surface area contributed by atoms with Crippen LogP contribution in [0.1, 0.15) is 36.4 Å². The van der Waals surface area contributed by atoms with Gasteiger partial charge in [-0.15, -0.1) is 0 Å². The molecule has 0 radical (unpaired) electrons. The van der Waals surface area contributed by atoms with Gasteiger partial charge in [-0.05, 0) is 25.8 Å². The second-order valence-electron chi connectivity index (χ2n) is 5.92. The largest absolute Gasteiger partial charge is 0.469 e. The summed E-state index contributed by atoms with van der Waals surface area (Å²) < 4.78 is 15.6. The third-order valence-electron chi connectivity index (χ3n) is 4.22. The summed E-state index contributed by atoms with van der Waals surface area (Å²) in [4.78, 5) is 18.5. The standard InChI is InChI=1S/C16H17N5O4/c1-9-11(5-7-23-9)13-8-14(19-25-13)18-16(22)21-6-3-4-12(21)15-17-10(2)24-20-15/h5,7-8,12H,3-4,6H2,1-2H3,(H,18,19,22). The maximum atomic E-state index is 12.6. The number of carbonyl (C=O) groups is 1. The molecule has 0 aromatic carbocycles. The van der Waals surface area contributed by atoms with Crippen LogP contribution < -0.4 is 5.32 Å². The summed E-state index contributed by atoms with van der Waals surface area (Å²) in [6.07, 6.45) is 3.25. The first-order valence-corrected chi connectivity index (χ1v) is 8.01. The lowest BCUT2D eigenvalue weighted by molar-refractivity contribution is 0.203. The molecule has 1 atom stereocenters. The molecule has 1 unspecified atom stereocenters. The van der Waals surface area contributed by atoms with E-state index in [-0.39, 0.29) is 12.1 Å². The lowest BCUT2D eigenvalue weighted by Crippen LogP contribution is -2.35. The summed E-state index contributed by atoms with van der Waals surface area (Å²) in [6, 6.07) is 2.99. The molecule has 1 fully saturated rings. The van der Waals surface area contributed by atoms with Gasteiger partial charge in [0.1, 0.15) is 5.76 Å². The number of aryl methyl sites for hydroxylation is 2. The first-order valence-electron chi connectivity index (χ1n) is 8.01. The molecular formula is C16H17N5O4. The Labute approximate surface area is 143 Å². The summed E-state index contributed by atoms with van der Waals surface area (Å²) in [5.41, 5.74) is 0.800. The SMILES string of the molecule is Cc1nc(C2CCCN2C(=O)Nc2cc(-c3ccoc3C)on2)no1. The van der Waals surface area contributed by atoms with Crippen LogP contribution >= 0.6 is 0 Å². The molecule has 1 N–H and O–H groups in total. The van der Waals surface area contributed by atoms with Gasteiger partial charge in [-0.2, -0.15) is 4.98 Å². The zero-order valence-electron chi connectivity index (χ0n) is 13.9. The van der Waals surface area contributed by atoms with Gasteiger partial charge in [0.2, 0.25) is 5.89 Å². The van der Waals surface area contributed by atoms with Crippen LogP contribution in [-0.4, -0.2) is 32.8 Å². The van der Waals surface area contributed by atoms with Crippen LogP contribution in [0, 0.1) is 13.8 Å². The minimum Gasteiger partial charge on any atom is -0.469 e. The third kappa shape index (κ3) is 2.88. The number of likely N-dealkylation sites (tertiary alicyclic amines) is 1. The zero-order chi connectivity index (χ0) is 17.4. The van der Waals surface area contributed by atoms with Crippen molar-refractivity contribution in [3.63, 3.8) is 0 Å². The van der Waals surface area contributed by atoms with Gasteiger partial charge in [-0.25, -0.2) is 4.79 Å². The molecule has 4 heterocycles.